The molecule has 74 valence electrons. The van der Waals surface area contributed by atoms with E-state index in [-0.39, 0.29) is 5.63 Å². The summed E-state index contributed by atoms with van der Waals surface area (Å²) < 4.78 is 5.24. The average molecular weight is 199 g/mol. The quantitative estimate of drug-likeness (QED) is 0.565. The molecular formula is C12H9NO2. The van der Waals surface area contributed by atoms with Crippen molar-refractivity contribution >= 4 is 21.9 Å². The summed E-state index contributed by atoms with van der Waals surface area (Å²) >= 11 is 0. The normalized spacial score (nSPS) is 11.3. The van der Waals surface area contributed by atoms with Crippen LogP contribution in [0.25, 0.3) is 21.9 Å². The van der Waals surface area contributed by atoms with Gasteiger partial charge in [0, 0.05) is 28.6 Å². The van der Waals surface area contributed by atoms with Gasteiger partial charge in [0.05, 0.1) is 0 Å². The number of nitrogens with one attached hydrogen (secondary N) is 1. The highest BCUT2D eigenvalue weighted by Crippen LogP contribution is 2.25. The molecule has 0 atom stereocenters. The van der Waals surface area contributed by atoms with Crippen molar-refractivity contribution in [2.75, 3.05) is 0 Å². The maximum absolute atomic E-state index is 11.3. The van der Waals surface area contributed by atoms with Crippen molar-refractivity contribution in [2.45, 2.75) is 6.92 Å². The largest absolute Gasteiger partial charge is 0.422 e. The van der Waals surface area contributed by atoms with Crippen LogP contribution >= 0.6 is 0 Å². The predicted octanol–water partition coefficient (Wildman–Crippen LogP) is 2.58. The van der Waals surface area contributed by atoms with Crippen LogP contribution in [0.3, 0.4) is 0 Å². The smallest absolute Gasteiger partial charge is 0.336 e. The molecule has 1 aromatic carbocycles. The Hall–Kier alpha value is -2.03. The molecule has 1 N–H and O–H groups in total. The van der Waals surface area contributed by atoms with E-state index in [1.807, 2.05) is 31.3 Å². The topological polar surface area (TPSA) is 46.0 Å². The highest BCUT2D eigenvalue weighted by molar-refractivity contribution is 6.03. The minimum atomic E-state index is -0.298. The lowest BCUT2D eigenvalue weighted by Gasteiger charge is -2.00. The zero-order valence-corrected chi connectivity index (χ0v) is 8.20. The van der Waals surface area contributed by atoms with Crippen LogP contribution in [0.1, 0.15) is 5.56 Å². The van der Waals surface area contributed by atoms with Crippen molar-refractivity contribution < 1.29 is 4.42 Å². The molecule has 0 aliphatic carbocycles. The molecule has 3 aromatic rings. The number of benzene rings is 1. The van der Waals surface area contributed by atoms with Gasteiger partial charge in [-0.2, -0.15) is 0 Å². The molecule has 0 aliphatic rings. The fourth-order valence-corrected chi connectivity index (χ4v) is 1.91. The van der Waals surface area contributed by atoms with Gasteiger partial charge in [0.1, 0.15) is 5.58 Å². The lowest BCUT2D eigenvalue weighted by atomic mass is 10.1. The number of hydrogen-bond donors (Lipinski definition) is 1. The summed E-state index contributed by atoms with van der Waals surface area (Å²) in [5, 5.41) is 1.94. The summed E-state index contributed by atoms with van der Waals surface area (Å²) in [6, 6.07) is 7.39. The molecule has 0 saturated heterocycles. The van der Waals surface area contributed by atoms with E-state index in [0.29, 0.717) is 5.58 Å². The summed E-state index contributed by atoms with van der Waals surface area (Å²) in [4.78, 5) is 14.4. The summed E-state index contributed by atoms with van der Waals surface area (Å²) in [5.41, 5.74) is 2.30. The van der Waals surface area contributed by atoms with Gasteiger partial charge in [0.2, 0.25) is 0 Å². The van der Waals surface area contributed by atoms with E-state index in [2.05, 4.69) is 4.98 Å². The Morgan fingerprint density at radius 3 is 2.93 bits per heavy atom. The monoisotopic (exact) mass is 199 g/mol. The number of rotatable bonds is 0. The van der Waals surface area contributed by atoms with E-state index in [4.69, 9.17) is 4.42 Å². The minimum Gasteiger partial charge on any atom is -0.422 e. The number of hydrogen-bond acceptors (Lipinski definition) is 2. The number of H-pyrrole nitrogens is 1. The molecule has 2 heterocycles. The van der Waals surface area contributed by atoms with Crippen LogP contribution in [0.5, 0.6) is 0 Å². The molecule has 3 rings (SSSR count). The molecule has 3 heteroatoms. The molecule has 2 aromatic heterocycles. The fraction of sp³-hybridized carbons (Fsp3) is 0.0833. The Morgan fingerprint density at radius 1 is 1.20 bits per heavy atom. The highest BCUT2D eigenvalue weighted by Gasteiger charge is 2.06. The van der Waals surface area contributed by atoms with Crippen molar-refractivity contribution in [1.82, 2.24) is 4.98 Å². The zero-order chi connectivity index (χ0) is 10.4. The standard InChI is InChI=1S/C12H9NO2/c1-7-6-11(14)15-12-8(7)2-3-10-9(12)4-5-13-10/h2-6,13H,1H3. The third-order valence-corrected chi connectivity index (χ3v) is 2.65. The molecule has 0 amide bonds. The van der Waals surface area contributed by atoms with Gasteiger partial charge < -0.3 is 9.40 Å². The van der Waals surface area contributed by atoms with Gasteiger partial charge in [-0.05, 0) is 30.7 Å². The molecule has 0 unspecified atom stereocenters. The number of aryl methyl sites for hydroxylation is 1. The molecule has 0 spiro atoms. The first kappa shape index (κ1) is 8.29. The molecular weight excluding hydrogens is 190 g/mol. The van der Waals surface area contributed by atoms with Crippen LogP contribution in [-0.2, 0) is 0 Å². The van der Waals surface area contributed by atoms with E-state index in [9.17, 15) is 4.79 Å². The second-order valence-electron chi connectivity index (χ2n) is 3.63. The first-order valence-electron chi connectivity index (χ1n) is 4.76. The Morgan fingerprint density at radius 2 is 2.07 bits per heavy atom. The minimum absolute atomic E-state index is 0.298. The lowest BCUT2D eigenvalue weighted by Crippen LogP contribution is -1.97. The summed E-state index contributed by atoms with van der Waals surface area (Å²) in [6.07, 6.45) is 1.84. The lowest BCUT2D eigenvalue weighted by molar-refractivity contribution is 0.563. The van der Waals surface area contributed by atoms with Gasteiger partial charge in [0.15, 0.2) is 0 Å². The second kappa shape index (κ2) is 2.73. The van der Waals surface area contributed by atoms with Crippen LogP contribution in [0, 0.1) is 6.92 Å². The molecule has 3 nitrogen and oxygen atoms in total. The molecule has 0 saturated carbocycles. The third kappa shape index (κ3) is 1.09. The first-order valence-corrected chi connectivity index (χ1v) is 4.76. The third-order valence-electron chi connectivity index (χ3n) is 2.65. The van der Waals surface area contributed by atoms with E-state index >= 15 is 0 Å². The summed E-state index contributed by atoms with van der Waals surface area (Å²) in [7, 11) is 0. The van der Waals surface area contributed by atoms with E-state index in [1.54, 1.807) is 0 Å². The Bertz CT molecular complexity index is 706. The molecule has 0 fully saturated rings. The zero-order valence-electron chi connectivity index (χ0n) is 8.20. The van der Waals surface area contributed by atoms with Crippen LogP contribution in [0.4, 0.5) is 0 Å². The van der Waals surface area contributed by atoms with Crippen molar-refractivity contribution in [3.05, 3.63) is 46.4 Å². The van der Waals surface area contributed by atoms with Gasteiger partial charge in [-0.25, -0.2) is 4.79 Å². The average Bonchev–Trinajstić information content (AvgIpc) is 2.65. The molecule has 0 bridgehead atoms. The predicted molar refractivity (Wildman–Crippen MR) is 59.1 cm³/mol. The molecule has 15 heavy (non-hydrogen) atoms. The number of fused-ring (bicyclic) bond motifs is 3. The van der Waals surface area contributed by atoms with Gasteiger partial charge in [-0.15, -0.1) is 0 Å². The van der Waals surface area contributed by atoms with Crippen LogP contribution in [0.15, 0.2) is 39.7 Å². The first-order chi connectivity index (χ1) is 7.25. The van der Waals surface area contributed by atoms with Gasteiger partial charge in [-0.3, -0.25) is 0 Å². The maximum atomic E-state index is 11.3. The van der Waals surface area contributed by atoms with Crippen molar-refractivity contribution in [3.8, 4) is 0 Å². The Kier molecular flexibility index (Phi) is 1.51. The molecule has 0 radical (unpaired) electrons. The number of aromatic amines is 1. The summed E-state index contributed by atoms with van der Waals surface area (Å²) in [5.74, 6) is 0. The fourth-order valence-electron chi connectivity index (χ4n) is 1.91. The van der Waals surface area contributed by atoms with E-state index < -0.39 is 0 Å². The molecule has 0 aliphatic heterocycles. The van der Waals surface area contributed by atoms with Crippen molar-refractivity contribution in [1.29, 1.82) is 0 Å². The maximum Gasteiger partial charge on any atom is 0.336 e. The van der Waals surface area contributed by atoms with Crippen molar-refractivity contribution in [3.63, 3.8) is 0 Å². The van der Waals surface area contributed by atoms with Gasteiger partial charge in [0.25, 0.3) is 0 Å². The van der Waals surface area contributed by atoms with Crippen LogP contribution < -0.4 is 5.63 Å². The highest BCUT2D eigenvalue weighted by atomic mass is 16.4. The van der Waals surface area contributed by atoms with E-state index in [0.717, 1.165) is 21.9 Å². The van der Waals surface area contributed by atoms with Gasteiger partial charge >= 0.3 is 5.63 Å². The Balaban J connectivity index is 2.67. The van der Waals surface area contributed by atoms with Crippen LogP contribution in [0.2, 0.25) is 0 Å². The SMILES string of the molecule is Cc1cc(=O)oc2c1ccc1[nH]ccc12. The second-order valence-corrected chi connectivity index (χ2v) is 3.63. The van der Waals surface area contributed by atoms with Crippen molar-refractivity contribution in [2.24, 2.45) is 0 Å². The van der Waals surface area contributed by atoms with Crippen LogP contribution in [-0.4, -0.2) is 4.98 Å². The number of aromatic nitrogens is 1. The summed E-state index contributed by atoms with van der Waals surface area (Å²) in [6.45, 7) is 1.91. The van der Waals surface area contributed by atoms with Gasteiger partial charge in [-0.1, -0.05) is 0 Å². The van der Waals surface area contributed by atoms with E-state index in [1.165, 1.54) is 6.07 Å². The Labute approximate surface area is 85.3 Å².